The molecule has 2 heterocycles. The van der Waals surface area contributed by atoms with Gasteiger partial charge in [-0.15, -0.1) is 0 Å². The van der Waals surface area contributed by atoms with Crippen molar-refractivity contribution in [2.45, 2.75) is 24.9 Å². The number of hydrogen-bond acceptors (Lipinski definition) is 3. The molecule has 0 bridgehead atoms. The second-order valence-corrected chi connectivity index (χ2v) is 7.95. The topological polar surface area (TPSA) is 65.5 Å². The molecule has 0 radical (unpaired) electrons. The molecule has 2 aromatic rings. The van der Waals surface area contributed by atoms with E-state index in [4.69, 9.17) is 0 Å². The number of amides is 2. The number of pyridine rings is 1. The number of anilines is 1. The van der Waals surface area contributed by atoms with Crippen LogP contribution >= 0.6 is 0 Å². The predicted molar refractivity (Wildman–Crippen MR) is 107 cm³/mol. The van der Waals surface area contributed by atoms with Crippen molar-refractivity contribution in [2.75, 3.05) is 18.4 Å². The summed E-state index contributed by atoms with van der Waals surface area (Å²) in [6.45, 7) is 4.45. The van der Waals surface area contributed by atoms with Crippen molar-refractivity contribution >= 4 is 17.6 Å². The van der Waals surface area contributed by atoms with Gasteiger partial charge in [-0.2, -0.15) is 13.2 Å². The number of aliphatic hydroxyl groups excluding tert-OH is 1. The zero-order chi connectivity index (χ0) is 21.5. The second kappa shape index (κ2) is 7.66. The third-order valence-electron chi connectivity index (χ3n) is 6.09. The van der Waals surface area contributed by atoms with Crippen LogP contribution in [0.1, 0.15) is 35.4 Å². The standard InChI is InChI=1S/C22H22F3N3O2/c1-13(29)17-6-4-8-26-20(17)27-21(30)28-11-15-9-14(10-16(15)12-28)18-5-2-3-7-19(18)22(23,24)25/h2-8,14-16,29H,1,9-12H2,(H,26,27,30)/t14?,15-,16+. The first-order chi connectivity index (χ1) is 14.2. The number of nitrogens with zero attached hydrogens (tertiary/aromatic N) is 2. The predicted octanol–water partition coefficient (Wildman–Crippen LogP) is 5.29. The van der Waals surface area contributed by atoms with Crippen molar-refractivity contribution < 1.29 is 23.1 Å². The van der Waals surface area contributed by atoms with Gasteiger partial charge >= 0.3 is 12.2 Å². The summed E-state index contributed by atoms with van der Waals surface area (Å²) in [5, 5.41) is 12.4. The molecule has 2 fully saturated rings. The van der Waals surface area contributed by atoms with E-state index in [0.29, 0.717) is 37.1 Å². The molecule has 1 unspecified atom stereocenters. The number of fused-ring (bicyclic) bond motifs is 1. The smallest absolute Gasteiger partial charge is 0.416 e. The molecule has 3 atom stereocenters. The highest BCUT2D eigenvalue weighted by Crippen LogP contribution is 2.48. The summed E-state index contributed by atoms with van der Waals surface area (Å²) in [5.41, 5.74) is 0.139. The Kier molecular flexibility index (Phi) is 5.17. The lowest BCUT2D eigenvalue weighted by Crippen LogP contribution is -2.34. The van der Waals surface area contributed by atoms with Gasteiger partial charge in [0, 0.05) is 19.3 Å². The van der Waals surface area contributed by atoms with Crippen LogP contribution in [0.5, 0.6) is 0 Å². The maximum absolute atomic E-state index is 13.4. The number of benzene rings is 1. The highest BCUT2D eigenvalue weighted by molar-refractivity contribution is 5.91. The number of rotatable bonds is 3. The highest BCUT2D eigenvalue weighted by atomic mass is 19.4. The van der Waals surface area contributed by atoms with Crippen LogP contribution in [0.15, 0.2) is 49.2 Å². The number of carbonyl (C=O) groups is 1. The van der Waals surface area contributed by atoms with E-state index in [2.05, 4.69) is 16.9 Å². The summed E-state index contributed by atoms with van der Waals surface area (Å²) in [6, 6.07) is 8.68. The summed E-state index contributed by atoms with van der Waals surface area (Å²) in [4.78, 5) is 18.4. The Hall–Kier alpha value is -3.03. The fourth-order valence-corrected chi connectivity index (χ4v) is 4.75. The van der Waals surface area contributed by atoms with E-state index >= 15 is 0 Å². The van der Waals surface area contributed by atoms with E-state index in [1.165, 1.54) is 12.3 Å². The van der Waals surface area contributed by atoms with Crippen molar-refractivity contribution in [3.8, 4) is 0 Å². The summed E-state index contributed by atoms with van der Waals surface area (Å²) >= 11 is 0. The van der Waals surface area contributed by atoms with Crippen LogP contribution < -0.4 is 5.32 Å². The number of halogens is 3. The summed E-state index contributed by atoms with van der Waals surface area (Å²) in [7, 11) is 0. The van der Waals surface area contributed by atoms with Crippen molar-refractivity contribution in [2.24, 2.45) is 11.8 Å². The van der Waals surface area contributed by atoms with Gasteiger partial charge in [-0.1, -0.05) is 24.8 Å². The first-order valence-electron chi connectivity index (χ1n) is 9.79. The number of aromatic nitrogens is 1. The third kappa shape index (κ3) is 3.86. The Bertz CT molecular complexity index is 962. The normalized spacial score (nSPS) is 23.3. The molecule has 1 saturated heterocycles. The van der Waals surface area contributed by atoms with Gasteiger partial charge in [0.25, 0.3) is 0 Å². The minimum atomic E-state index is -4.36. The number of alkyl halides is 3. The Balaban J connectivity index is 1.42. The van der Waals surface area contributed by atoms with Crippen molar-refractivity contribution in [3.05, 3.63) is 65.9 Å². The van der Waals surface area contributed by atoms with Gasteiger partial charge in [0.2, 0.25) is 0 Å². The SMILES string of the molecule is C=C(O)c1cccnc1NC(=O)N1C[C@H]2CC(c3ccccc3C(F)(F)F)C[C@H]2C1. The molecule has 30 heavy (non-hydrogen) atoms. The Morgan fingerprint density at radius 2 is 1.80 bits per heavy atom. The molecule has 0 spiro atoms. The van der Waals surface area contributed by atoms with E-state index in [9.17, 15) is 23.1 Å². The van der Waals surface area contributed by atoms with E-state index in [-0.39, 0.29) is 35.4 Å². The lowest BCUT2D eigenvalue weighted by atomic mass is 9.91. The number of likely N-dealkylation sites (tertiary alicyclic amines) is 1. The van der Waals surface area contributed by atoms with Crippen LogP contribution in [0, 0.1) is 11.8 Å². The lowest BCUT2D eigenvalue weighted by Gasteiger charge is -2.22. The molecule has 2 aliphatic rings. The largest absolute Gasteiger partial charge is 0.508 e. The van der Waals surface area contributed by atoms with Crippen LogP contribution in [0.2, 0.25) is 0 Å². The third-order valence-corrected chi connectivity index (χ3v) is 6.09. The van der Waals surface area contributed by atoms with E-state index in [1.54, 1.807) is 29.2 Å². The van der Waals surface area contributed by atoms with Crippen LogP contribution in [-0.2, 0) is 6.18 Å². The Morgan fingerprint density at radius 3 is 2.43 bits per heavy atom. The number of aliphatic hydroxyl groups is 1. The van der Waals surface area contributed by atoms with E-state index in [0.717, 1.165) is 6.07 Å². The Labute approximate surface area is 172 Å². The minimum absolute atomic E-state index is 0.150. The van der Waals surface area contributed by atoms with Gasteiger partial charge < -0.3 is 10.0 Å². The van der Waals surface area contributed by atoms with Crippen molar-refractivity contribution in [3.63, 3.8) is 0 Å². The minimum Gasteiger partial charge on any atom is -0.508 e. The molecule has 1 saturated carbocycles. The molecule has 4 rings (SSSR count). The number of hydrogen-bond donors (Lipinski definition) is 2. The second-order valence-electron chi connectivity index (χ2n) is 7.95. The van der Waals surface area contributed by atoms with Gasteiger partial charge in [-0.05, 0) is 54.4 Å². The first kappa shape index (κ1) is 20.3. The van der Waals surface area contributed by atoms with Gasteiger partial charge in [0.1, 0.15) is 11.6 Å². The summed E-state index contributed by atoms with van der Waals surface area (Å²) in [5.74, 6) is 0.214. The maximum atomic E-state index is 13.4. The lowest BCUT2D eigenvalue weighted by molar-refractivity contribution is -0.138. The first-order valence-corrected chi connectivity index (χ1v) is 9.79. The van der Waals surface area contributed by atoms with Crippen LogP contribution in [-0.4, -0.2) is 34.1 Å². The quantitative estimate of drug-likeness (QED) is 0.668. The zero-order valence-corrected chi connectivity index (χ0v) is 16.2. The molecule has 8 heteroatoms. The molecule has 1 aromatic carbocycles. The molecular weight excluding hydrogens is 395 g/mol. The number of carbonyl (C=O) groups excluding carboxylic acids is 1. The highest BCUT2D eigenvalue weighted by Gasteiger charge is 2.45. The average Bonchev–Trinajstić information content (AvgIpc) is 3.27. The molecule has 1 aromatic heterocycles. The van der Waals surface area contributed by atoms with Gasteiger partial charge in [0.15, 0.2) is 0 Å². The van der Waals surface area contributed by atoms with Crippen LogP contribution in [0.3, 0.4) is 0 Å². The fourth-order valence-electron chi connectivity index (χ4n) is 4.75. The maximum Gasteiger partial charge on any atom is 0.416 e. The van der Waals surface area contributed by atoms with Crippen LogP contribution in [0.4, 0.5) is 23.8 Å². The van der Waals surface area contributed by atoms with Crippen molar-refractivity contribution in [1.29, 1.82) is 0 Å². The van der Waals surface area contributed by atoms with E-state index in [1.807, 2.05) is 0 Å². The van der Waals surface area contributed by atoms with E-state index < -0.39 is 11.7 Å². The summed E-state index contributed by atoms with van der Waals surface area (Å²) < 4.78 is 40.1. The van der Waals surface area contributed by atoms with Crippen LogP contribution in [0.25, 0.3) is 5.76 Å². The zero-order valence-electron chi connectivity index (χ0n) is 16.2. The van der Waals surface area contributed by atoms with Gasteiger partial charge in [0.05, 0.1) is 11.1 Å². The monoisotopic (exact) mass is 417 g/mol. The van der Waals surface area contributed by atoms with Gasteiger partial charge in [-0.25, -0.2) is 9.78 Å². The molecule has 1 aliphatic heterocycles. The summed E-state index contributed by atoms with van der Waals surface area (Å²) in [6.07, 6.45) is -1.60. The molecule has 158 valence electrons. The Morgan fingerprint density at radius 1 is 1.13 bits per heavy atom. The molecule has 1 aliphatic carbocycles. The number of nitrogens with one attached hydrogen (secondary N) is 1. The fraction of sp³-hybridized carbons (Fsp3) is 0.364. The molecule has 2 amide bonds. The number of urea groups is 1. The molecular formula is C22H22F3N3O2. The molecule has 5 nitrogen and oxygen atoms in total. The van der Waals surface area contributed by atoms with Crippen molar-refractivity contribution in [1.82, 2.24) is 9.88 Å². The molecule has 2 N–H and O–H groups in total. The average molecular weight is 417 g/mol. The van der Waals surface area contributed by atoms with Gasteiger partial charge in [-0.3, -0.25) is 5.32 Å².